The maximum atomic E-state index is 12.6. The monoisotopic (exact) mass is 210 g/mol. The molecule has 1 aliphatic heterocycles. The van der Waals surface area contributed by atoms with Gasteiger partial charge < -0.3 is 4.90 Å². The number of carbonyl (C=O) groups excluding carboxylic acids is 1. The van der Waals surface area contributed by atoms with Crippen LogP contribution in [0, 0.1) is 6.92 Å². The van der Waals surface area contributed by atoms with E-state index in [9.17, 15) is 9.18 Å². The first kappa shape index (κ1) is 9.82. The lowest BCUT2D eigenvalue weighted by Crippen LogP contribution is -2.38. The fraction of sp³-hybridized carbons (Fsp3) is 0.444. The highest BCUT2D eigenvalue weighted by Crippen LogP contribution is 2.12. The normalized spacial score (nSPS) is 14.9. The molecule has 1 aliphatic rings. The number of fused-ring (bicyclic) bond motifs is 1. The van der Waals surface area contributed by atoms with Crippen molar-refractivity contribution < 1.29 is 9.18 Å². The van der Waals surface area contributed by atoms with Gasteiger partial charge in [-0.05, 0) is 6.92 Å². The molecular formula is C9H11FN4O. The van der Waals surface area contributed by atoms with Gasteiger partial charge in [0, 0.05) is 6.54 Å². The van der Waals surface area contributed by atoms with Gasteiger partial charge in [-0.2, -0.15) is 5.10 Å². The number of rotatable bonds is 1. The average molecular weight is 210 g/mol. The molecule has 1 aromatic rings. The van der Waals surface area contributed by atoms with Crippen LogP contribution >= 0.6 is 0 Å². The van der Waals surface area contributed by atoms with Crippen molar-refractivity contribution in [2.24, 2.45) is 0 Å². The van der Waals surface area contributed by atoms with Crippen LogP contribution in [-0.2, 0) is 17.9 Å². The number of nitrogens with zero attached hydrogens (tertiary/aromatic N) is 4. The molecule has 0 aromatic carbocycles. The summed E-state index contributed by atoms with van der Waals surface area (Å²) in [5.41, 5.74) is 0. The van der Waals surface area contributed by atoms with Gasteiger partial charge in [0.05, 0.1) is 13.1 Å². The largest absolute Gasteiger partial charge is 0.327 e. The van der Waals surface area contributed by atoms with Gasteiger partial charge >= 0.3 is 0 Å². The van der Waals surface area contributed by atoms with Gasteiger partial charge in [0.15, 0.2) is 5.83 Å². The number of carbonyl (C=O) groups is 1. The molecule has 0 saturated carbocycles. The topological polar surface area (TPSA) is 51.0 Å². The van der Waals surface area contributed by atoms with E-state index in [1.165, 1.54) is 4.90 Å². The van der Waals surface area contributed by atoms with Crippen molar-refractivity contribution in [1.82, 2.24) is 19.7 Å². The van der Waals surface area contributed by atoms with Crippen molar-refractivity contribution in [3.63, 3.8) is 0 Å². The van der Waals surface area contributed by atoms with Crippen molar-refractivity contribution in [3.05, 3.63) is 24.1 Å². The molecule has 6 heteroatoms. The third-order valence-electron chi connectivity index (χ3n) is 2.29. The third-order valence-corrected chi connectivity index (χ3v) is 2.29. The van der Waals surface area contributed by atoms with Crippen molar-refractivity contribution in [2.45, 2.75) is 20.0 Å². The SMILES string of the molecule is C=C(F)C(=O)N1CCn2nc(C)nc2C1. The Morgan fingerprint density at radius 3 is 2.93 bits per heavy atom. The molecule has 5 nitrogen and oxygen atoms in total. The van der Waals surface area contributed by atoms with Crippen LogP contribution in [0.1, 0.15) is 11.6 Å². The minimum absolute atomic E-state index is 0.294. The van der Waals surface area contributed by atoms with Crippen LogP contribution in [0.15, 0.2) is 12.4 Å². The summed E-state index contributed by atoms with van der Waals surface area (Å²) in [6.07, 6.45) is 0. The quantitative estimate of drug-likeness (QED) is 0.631. The van der Waals surface area contributed by atoms with E-state index in [0.717, 1.165) is 0 Å². The minimum atomic E-state index is -0.931. The van der Waals surface area contributed by atoms with Crippen LogP contribution in [0.2, 0.25) is 0 Å². The Labute approximate surface area is 86.2 Å². The number of hydrogen-bond acceptors (Lipinski definition) is 3. The molecule has 0 radical (unpaired) electrons. The Hall–Kier alpha value is -1.72. The second-order valence-corrected chi connectivity index (χ2v) is 3.43. The van der Waals surface area contributed by atoms with E-state index >= 15 is 0 Å². The van der Waals surface area contributed by atoms with Gasteiger partial charge in [0.2, 0.25) is 0 Å². The van der Waals surface area contributed by atoms with E-state index in [2.05, 4.69) is 16.7 Å². The molecule has 80 valence electrons. The summed E-state index contributed by atoms with van der Waals surface area (Å²) in [6, 6.07) is 0. The van der Waals surface area contributed by atoms with E-state index in [-0.39, 0.29) is 0 Å². The van der Waals surface area contributed by atoms with E-state index in [1.54, 1.807) is 11.6 Å². The number of aromatic nitrogens is 3. The highest BCUT2D eigenvalue weighted by atomic mass is 19.1. The van der Waals surface area contributed by atoms with Crippen molar-refractivity contribution >= 4 is 5.91 Å². The predicted octanol–water partition coefficient (Wildman–Crippen LogP) is 0.412. The lowest BCUT2D eigenvalue weighted by Gasteiger charge is -2.25. The summed E-state index contributed by atoms with van der Waals surface area (Å²) < 4.78 is 14.4. The molecule has 0 aliphatic carbocycles. The maximum absolute atomic E-state index is 12.6. The lowest BCUT2D eigenvalue weighted by molar-refractivity contribution is -0.130. The number of halogens is 1. The van der Waals surface area contributed by atoms with Gasteiger partial charge in [-0.15, -0.1) is 0 Å². The maximum Gasteiger partial charge on any atom is 0.282 e. The molecule has 0 saturated heterocycles. The predicted molar refractivity (Wildman–Crippen MR) is 50.4 cm³/mol. The number of aryl methyl sites for hydroxylation is 1. The average Bonchev–Trinajstić information content (AvgIpc) is 2.55. The molecule has 1 aromatic heterocycles. The summed E-state index contributed by atoms with van der Waals surface area (Å²) >= 11 is 0. The zero-order chi connectivity index (χ0) is 11.0. The van der Waals surface area contributed by atoms with Crippen LogP contribution in [-0.4, -0.2) is 32.1 Å². The Bertz CT molecular complexity index is 426. The molecule has 15 heavy (non-hydrogen) atoms. The van der Waals surface area contributed by atoms with Crippen LogP contribution < -0.4 is 0 Å². The van der Waals surface area contributed by atoms with E-state index in [0.29, 0.717) is 31.3 Å². The Morgan fingerprint density at radius 2 is 2.27 bits per heavy atom. The van der Waals surface area contributed by atoms with E-state index in [4.69, 9.17) is 0 Å². The van der Waals surface area contributed by atoms with Gasteiger partial charge in [-0.1, -0.05) is 6.58 Å². The first-order valence-corrected chi connectivity index (χ1v) is 4.62. The molecule has 2 rings (SSSR count). The molecule has 0 atom stereocenters. The highest BCUT2D eigenvalue weighted by Gasteiger charge is 2.24. The minimum Gasteiger partial charge on any atom is -0.327 e. The molecule has 0 fully saturated rings. The van der Waals surface area contributed by atoms with E-state index < -0.39 is 11.7 Å². The number of amides is 1. The second kappa shape index (κ2) is 3.45. The molecular weight excluding hydrogens is 199 g/mol. The van der Waals surface area contributed by atoms with E-state index in [1.807, 2.05) is 0 Å². The summed E-state index contributed by atoms with van der Waals surface area (Å²) in [7, 11) is 0. The fourth-order valence-electron chi connectivity index (χ4n) is 1.61. The summed E-state index contributed by atoms with van der Waals surface area (Å²) in [6.45, 7) is 6.06. The molecule has 2 heterocycles. The second-order valence-electron chi connectivity index (χ2n) is 3.43. The summed E-state index contributed by atoms with van der Waals surface area (Å²) in [4.78, 5) is 16.8. The van der Waals surface area contributed by atoms with Crippen LogP contribution in [0.5, 0.6) is 0 Å². The number of hydrogen-bond donors (Lipinski definition) is 0. The van der Waals surface area contributed by atoms with Gasteiger partial charge in [-0.3, -0.25) is 4.79 Å². The van der Waals surface area contributed by atoms with Crippen molar-refractivity contribution in [2.75, 3.05) is 6.54 Å². The standard InChI is InChI=1S/C9H11FN4O/c1-6(10)9(15)13-3-4-14-8(5-13)11-7(2)12-14/h1,3-5H2,2H3. The fourth-order valence-corrected chi connectivity index (χ4v) is 1.61. The molecule has 1 amide bonds. The summed E-state index contributed by atoms with van der Waals surface area (Å²) in [5.74, 6) is -0.242. The lowest BCUT2D eigenvalue weighted by atomic mass is 10.3. The third kappa shape index (κ3) is 1.74. The Morgan fingerprint density at radius 1 is 1.53 bits per heavy atom. The van der Waals surface area contributed by atoms with Gasteiger partial charge in [0.1, 0.15) is 11.6 Å². The summed E-state index contributed by atoms with van der Waals surface area (Å²) in [5, 5.41) is 4.14. The van der Waals surface area contributed by atoms with Crippen molar-refractivity contribution in [3.8, 4) is 0 Å². The smallest absolute Gasteiger partial charge is 0.282 e. The Balaban J connectivity index is 2.18. The zero-order valence-electron chi connectivity index (χ0n) is 8.40. The van der Waals surface area contributed by atoms with Crippen molar-refractivity contribution in [1.29, 1.82) is 0 Å². The first-order valence-electron chi connectivity index (χ1n) is 4.62. The van der Waals surface area contributed by atoms with Crippen LogP contribution in [0.25, 0.3) is 0 Å². The van der Waals surface area contributed by atoms with Crippen LogP contribution in [0.3, 0.4) is 0 Å². The molecule has 0 N–H and O–H groups in total. The highest BCUT2D eigenvalue weighted by molar-refractivity contribution is 5.90. The first-order chi connectivity index (χ1) is 7.08. The van der Waals surface area contributed by atoms with Gasteiger partial charge in [-0.25, -0.2) is 14.1 Å². The molecule has 0 bridgehead atoms. The molecule has 0 spiro atoms. The molecule has 0 unspecified atom stereocenters. The zero-order valence-corrected chi connectivity index (χ0v) is 8.40. The van der Waals surface area contributed by atoms with Gasteiger partial charge in [0.25, 0.3) is 5.91 Å². The van der Waals surface area contributed by atoms with Crippen LogP contribution in [0.4, 0.5) is 4.39 Å². The Kier molecular flexibility index (Phi) is 2.26.